The predicted octanol–water partition coefficient (Wildman–Crippen LogP) is 5.06. The third kappa shape index (κ3) is 5.03. The summed E-state index contributed by atoms with van der Waals surface area (Å²) >= 11 is 0. The molecule has 0 aliphatic carbocycles. The van der Waals surface area contributed by atoms with Crippen molar-refractivity contribution in [3.8, 4) is 0 Å². The molecule has 4 rings (SSSR count). The van der Waals surface area contributed by atoms with E-state index in [-0.39, 0.29) is 11.7 Å². The van der Waals surface area contributed by atoms with Crippen molar-refractivity contribution in [2.45, 2.75) is 46.0 Å². The Kier molecular flexibility index (Phi) is 6.98. The van der Waals surface area contributed by atoms with Crippen molar-refractivity contribution < 1.29 is 4.79 Å². The molecule has 7 heteroatoms. The van der Waals surface area contributed by atoms with E-state index < -0.39 is 0 Å². The van der Waals surface area contributed by atoms with Crippen molar-refractivity contribution >= 4 is 40.1 Å². The number of carbonyl (C=O) groups is 1. The van der Waals surface area contributed by atoms with Crippen molar-refractivity contribution in [2.75, 3.05) is 12.3 Å². The smallest absolute Gasteiger partial charge is 0.257 e. The van der Waals surface area contributed by atoms with Crippen molar-refractivity contribution in [1.82, 2.24) is 20.0 Å². The van der Waals surface area contributed by atoms with E-state index in [0.29, 0.717) is 28.8 Å². The predicted molar refractivity (Wildman–Crippen MR) is 135 cm³/mol. The SMILES string of the molecule is CCCCCCCNC(=O)c1c(N)n(/N=C/c2cccc(C)c2)c2nc3ccccc3nc12. The monoisotopic (exact) mass is 442 g/mol. The van der Waals surface area contributed by atoms with Crippen LogP contribution in [0, 0.1) is 6.92 Å². The molecule has 170 valence electrons. The lowest BCUT2D eigenvalue weighted by Gasteiger charge is -2.05. The van der Waals surface area contributed by atoms with E-state index in [9.17, 15) is 4.79 Å². The van der Waals surface area contributed by atoms with E-state index in [4.69, 9.17) is 15.7 Å². The maximum absolute atomic E-state index is 13.1. The number of aromatic nitrogens is 3. The molecule has 33 heavy (non-hydrogen) atoms. The van der Waals surface area contributed by atoms with Gasteiger partial charge in [0.05, 0.1) is 17.2 Å². The van der Waals surface area contributed by atoms with Crippen molar-refractivity contribution in [1.29, 1.82) is 0 Å². The van der Waals surface area contributed by atoms with E-state index in [1.54, 1.807) is 6.21 Å². The first kappa shape index (κ1) is 22.5. The molecule has 3 N–H and O–H groups in total. The summed E-state index contributed by atoms with van der Waals surface area (Å²) in [5.74, 6) is -0.0187. The molecule has 0 bridgehead atoms. The van der Waals surface area contributed by atoms with Gasteiger partial charge >= 0.3 is 0 Å². The fourth-order valence-electron chi connectivity index (χ4n) is 3.88. The lowest BCUT2D eigenvalue weighted by Crippen LogP contribution is -2.25. The van der Waals surface area contributed by atoms with Gasteiger partial charge in [-0.3, -0.25) is 4.79 Å². The number of fused-ring (bicyclic) bond motifs is 2. The minimum atomic E-state index is -0.248. The van der Waals surface area contributed by atoms with Crippen molar-refractivity contribution in [3.05, 3.63) is 65.2 Å². The summed E-state index contributed by atoms with van der Waals surface area (Å²) in [6.45, 7) is 4.81. The average Bonchev–Trinajstić information content (AvgIpc) is 3.08. The number of anilines is 1. The molecule has 0 radical (unpaired) electrons. The third-order valence-electron chi connectivity index (χ3n) is 5.63. The molecule has 4 aromatic rings. The van der Waals surface area contributed by atoms with E-state index in [1.807, 2.05) is 55.5 Å². The molecule has 0 aliphatic heterocycles. The van der Waals surface area contributed by atoms with Gasteiger partial charge in [-0.25, -0.2) is 9.97 Å². The number of rotatable bonds is 9. The number of nitrogens with zero attached hydrogens (tertiary/aromatic N) is 4. The molecule has 2 aromatic heterocycles. The first-order valence-electron chi connectivity index (χ1n) is 11.5. The topological polar surface area (TPSA) is 98.2 Å². The molecule has 1 amide bonds. The van der Waals surface area contributed by atoms with Gasteiger partial charge in [0.2, 0.25) is 0 Å². The Hall–Kier alpha value is -3.74. The first-order chi connectivity index (χ1) is 16.1. The molecule has 0 saturated carbocycles. The number of benzene rings is 2. The second-order valence-corrected chi connectivity index (χ2v) is 8.29. The summed E-state index contributed by atoms with van der Waals surface area (Å²) in [6.07, 6.45) is 7.34. The molecule has 0 unspecified atom stereocenters. The molecular formula is C26H30N6O. The van der Waals surface area contributed by atoms with E-state index in [2.05, 4.69) is 17.3 Å². The van der Waals surface area contributed by atoms with Crippen LogP contribution in [0.4, 0.5) is 5.82 Å². The maximum Gasteiger partial charge on any atom is 0.257 e. The zero-order valence-electron chi connectivity index (χ0n) is 19.2. The highest BCUT2D eigenvalue weighted by atomic mass is 16.1. The van der Waals surface area contributed by atoms with Crippen LogP contribution in [0.2, 0.25) is 0 Å². The molecule has 0 saturated heterocycles. The summed E-state index contributed by atoms with van der Waals surface area (Å²) in [7, 11) is 0. The third-order valence-corrected chi connectivity index (χ3v) is 5.63. The Bertz CT molecular complexity index is 1310. The first-order valence-corrected chi connectivity index (χ1v) is 11.5. The number of nitrogens with one attached hydrogen (secondary N) is 1. The van der Waals surface area contributed by atoms with Gasteiger partial charge in [0, 0.05) is 6.54 Å². The highest BCUT2D eigenvalue weighted by molar-refractivity contribution is 6.10. The number of amides is 1. The zero-order valence-corrected chi connectivity index (χ0v) is 19.2. The largest absolute Gasteiger partial charge is 0.383 e. The van der Waals surface area contributed by atoms with Crippen LogP contribution in [0.5, 0.6) is 0 Å². The Balaban J connectivity index is 1.70. The van der Waals surface area contributed by atoms with Gasteiger partial charge < -0.3 is 11.1 Å². The number of hydrogen-bond acceptors (Lipinski definition) is 5. The van der Waals surface area contributed by atoms with Crippen LogP contribution in [0.25, 0.3) is 22.2 Å². The van der Waals surface area contributed by atoms with Gasteiger partial charge in [-0.05, 0) is 31.0 Å². The second kappa shape index (κ2) is 10.3. The van der Waals surface area contributed by atoms with E-state index >= 15 is 0 Å². The van der Waals surface area contributed by atoms with Crippen LogP contribution < -0.4 is 11.1 Å². The Morgan fingerprint density at radius 1 is 1.06 bits per heavy atom. The summed E-state index contributed by atoms with van der Waals surface area (Å²) in [5, 5.41) is 7.57. The number of aryl methyl sites for hydroxylation is 1. The summed E-state index contributed by atoms with van der Waals surface area (Å²) in [5.41, 5.74) is 11.2. The number of nitrogen functional groups attached to an aromatic ring is 1. The van der Waals surface area contributed by atoms with Crippen LogP contribution in [-0.2, 0) is 0 Å². The van der Waals surface area contributed by atoms with Gasteiger partial charge in [-0.2, -0.15) is 9.78 Å². The highest BCUT2D eigenvalue weighted by Gasteiger charge is 2.23. The van der Waals surface area contributed by atoms with Crippen LogP contribution in [0.15, 0.2) is 53.6 Å². The van der Waals surface area contributed by atoms with Gasteiger partial charge in [0.1, 0.15) is 16.9 Å². The second-order valence-electron chi connectivity index (χ2n) is 8.29. The minimum Gasteiger partial charge on any atom is -0.383 e. The zero-order chi connectivity index (χ0) is 23.2. The standard InChI is InChI=1S/C26H30N6O/c1-3-4-5-6-9-15-28-26(33)22-23-25(31-21-14-8-7-13-20(21)30-23)32(24(22)27)29-17-19-12-10-11-18(2)16-19/h7-8,10-14,16-17H,3-6,9,15,27H2,1-2H3,(H,28,33)/b29-17+. The molecule has 2 heterocycles. The van der Waals surface area contributed by atoms with Gasteiger partial charge in [0.25, 0.3) is 5.91 Å². The Morgan fingerprint density at radius 2 is 1.82 bits per heavy atom. The summed E-state index contributed by atoms with van der Waals surface area (Å²) < 4.78 is 1.51. The number of hydrogen-bond donors (Lipinski definition) is 2. The fraction of sp³-hybridized carbons (Fsp3) is 0.308. The molecule has 0 atom stereocenters. The van der Waals surface area contributed by atoms with Crippen LogP contribution >= 0.6 is 0 Å². The Labute approximate surface area is 193 Å². The fourth-order valence-corrected chi connectivity index (χ4v) is 3.88. The van der Waals surface area contributed by atoms with E-state index in [1.165, 1.54) is 23.9 Å². The van der Waals surface area contributed by atoms with Gasteiger partial charge in [0.15, 0.2) is 5.65 Å². The van der Waals surface area contributed by atoms with Crippen LogP contribution in [0.1, 0.15) is 60.5 Å². The highest BCUT2D eigenvalue weighted by Crippen LogP contribution is 2.27. The normalized spacial score (nSPS) is 11.6. The molecule has 0 spiro atoms. The summed E-state index contributed by atoms with van der Waals surface area (Å²) in [6, 6.07) is 15.6. The number of para-hydroxylation sites is 2. The van der Waals surface area contributed by atoms with Gasteiger partial charge in [-0.1, -0.05) is 74.6 Å². The van der Waals surface area contributed by atoms with Crippen molar-refractivity contribution in [3.63, 3.8) is 0 Å². The average molecular weight is 443 g/mol. The quantitative estimate of drug-likeness (QED) is 0.280. The number of unbranched alkanes of at least 4 members (excludes halogenated alkanes) is 4. The number of carbonyl (C=O) groups excluding carboxylic acids is 1. The van der Waals surface area contributed by atoms with Crippen molar-refractivity contribution in [2.24, 2.45) is 5.10 Å². The lowest BCUT2D eigenvalue weighted by atomic mass is 10.1. The van der Waals surface area contributed by atoms with Crippen LogP contribution in [0.3, 0.4) is 0 Å². The molecule has 2 aromatic carbocycles. The molecule has 0 fully saturated rings. The number of nitrogens with two attached hydrogens (primary N) is 1. The molecular weight excluding hydrogens is 412 g/mol. The minimum absolute atomic E-state index is 0.229. The van der Waals surface area contributed by atoms with Gasteiger partial charge in [-0.15, -0.1) is 0 Å². The molecule has 7 nitrogen and oxygen atoms in total. The Morgan fingerprint density at radius 3 is 2.58 bits per heavy atom. The lowest BCUT2D eigenvalue weighted by molar-refractivity contribution is 0.0955. The maximum atomic E-state index is 13.1. The summed E-state index contributed by atoms with van der Waals surface area (Å²) in [4.78, 5) is 22.6. The van der Waals surface area contributed by atoms with E-state index in [0.717, 1.165) is 29.5 Å². The van der Waals surface area contributed by atoms with Crippen LogP contribution in [-0.4, -0.2) is 33.3 Å². The molecule has 0 aliphatic rings.